The van der Waals surface area contributed by atoms with Crippen LogP contribution in [0.5, 0.6) is 0 Å². The van der Waals surface area contributed by atoms with E-state index < -0.39 is 0 Å². The van der Waals surface area contributed by atoms with Crippen molar-refractivity contribution in [3.8, 4) is 0 Å². The number of esters is 1. The maximum Gasteiger partial charge on any atom is 0.323 e. The van der Waals surface area contributed by atoms with Crippen molar-refractivity contribution in [1.29, 1.82) is 0 Å². The number of nitrogens with one attached hydrogen (secondary N) is 1. The van der Waals surface area contributed by atoms with Gasteiger partial charge >= 0.3 is 5.97 Å². The van der Waals surface area contributed by atoms with Crippen LogP contribution in [0.4, 0.5) is 0 Å². The van der Waals surface area contributed by atoms with Crippen LogP contribution < -0.4 is 5.32 Å². The van der Waals surface area contributed by atoms with E-state index in [2.05, 4.69) is 44.3 Å². The lowest BCUT2D eigenvalue weighted by Gasteiger charge is -2.16. The van der Waals surface area contributed by atoms with Crippen molar-refractivity contribution < 1.29 is 9.53 Å². The van der Waals surface area contributed by atoms with Crippen LogP contribution in [-0.2, 0) is 9.53 Å². The Morgan fingerprint density at radius 1 is 1.42 bits per heavy atom. The van der Waals surface area contributed by atoms with Crippen LogP contribution in [0.15, 0.2) is 23.1 Å². The molecule has 0 fully saturated rings. The predicted molar refractivity (Wildman–Crippen MR) is 80.7 cm³/mol. The largest absolute Gasteiger partial charge is 0.468 e. The van der Waals surface area contributed by atoms with Crippen molar-refractivity contribution in [1.82, 2.24) is 5.32 Å². The summed E-state index contributed by atoms with van der Waals surface area (Å²) in [6.07, 6.45) is 1.00. The molecule has 106 valence electrons. The molecule has 0 saturated heterocycles. The summed E-state index contributed by atoms with van der Waals surface area (Å²) >= 11 is 1.69. The average Bonchev–Trinajstić information content (AvgIpc) is 2.40. The van der Waals surface area contributed by atoms with Gasteiger partial charge in [-0.3, -0.25) is 4.79 Å². The van der Waals surface area contributed by atoms with Crippen LogP contribution in [0, 0.1) is 13.8 Å². The molecule has 19 heavy (non-hydrogen) atoms. The van der Waals surface area contributed by atoms with Gasteiger partial charge in [-0.25, -0.2) is 0 Å². The highest BCUT2D eigenvalue weighted by Crippen LogP contribution is 2.24. The van der Waals surface area contributed by atoms with Crippen LogP contribution in [0.25, 0.3) is 0 Å². The Bertz CT molecular complexity index is 421. The summed E-state index contributed by atoms with van der Waals surface area (Å²) in [7, 11) is 1.44. The molecule has 1 atom stereocenters. The molecule has 0 spiro atoms. The Morgan fingerprint density at radius 2 is 2.16 bits per heavy atom. The lowest BCUT2D eigenvalue weighted by Crippen LogP contribution is -2.40. The number of aryl methyl sites for hydroxylation is 2. The highest BCUT2D eigenvalue weighted by molar-refractivity contribution is 7.99. The quantitative estimate of drug-likeness (QED) is 0.616. The minimum absolute atomic E-state index is 0.189. The van der Waals surface area contributed by atoms with Gasteiger partial charge in [-0.05, 0) is 38.4 Å². The number of carbonyl (C=O) groups is 1. The molecule has 1 aromatic carbocycles. The van der Waals surface area contributed by atoms with Gasteiger partial charge in [0.25, 0.3) is 0 Å². The van der Waals surface area contributed by atoms with Crippen molar-refractivity contribution in [3.05, 3.63) is 29.3 Å². The van der Waals surface area contributed by atoms with E-state index in [0.29, 0.717) is 5.75 Å². The Hall–Kier alpha value is -1.00. The normalized spacial score (nSPS) is 12.2. The smallest absolute Gasteiger partial charge is 0.323 e. The summed E-state index contributed by atoms with van der Waals surface area (Å²) < 4.78 is 4.83. The Kier molecular flexibility index (Phi) is 6.95. The SMILES string of the molecule is CCCNC(CSc1ccc(C)cc1C)C(=O)OC. The van der Waals surface area contributed by atoms with Crippen LogP contribution >= 0.6 is 11.8 Å². The summed E-state index contributed by atoms with van der Waals surface area (Å²) in [6.45, 7) is 7.09. The Morgan fingerprint density at radius 3 is 2.74 bits per heavy atom. The zero-order chi connectivity index (χ0) is 14.3. The number of thioether (sulfide) groups is 1. The van der Waals surface area contributed by atoms with E-state index in [1.165, 1.54) is 23.1 Å². The number of ether oxygens (including phenoxy) is 1. The van der Waals surface area contributed by atoms with E-state index in [-0.39, 0.29) is 12.0 Å². The first-order valence-electron chi connectivity index (χ1n) is 6.59. The first-order valence-corrected chi connectivity index (χ1v) is 7.58. The molecule has 0 aliphatic heterocycles. The van der Waals surface area contributed by atoms with E-state index in [1.54, 1.807) is 11.8 Å². The molecule has 0 aliphatic rings. The van der Waals surface area contributed by atoms with Crippen molar-refractivity contribution in [2.24, 2.45) is 0 Å². The monoisotopic (exact) mass is 281 g/mol. The molecule has 0 heterocycles. The van der Waals surface area contributed by atoms with Crippen molar-refractivity contribution >= 4 is 17.7 Å². The van der Waals surface area contributed by atoms with Crippen LogP contribution in [0.3, 0.4) is 0 Å². The summed E-state index contributed by atoms with van der Waals surface area (Å²) in [5.41, 5.74) is 2.51. The molecule has 1 aromatic rings. The van der Waals surface area contributed by atoms with Gasteiger partial charge in [-0.15, -0.1) is 11.8 Å². The number of benzene rings is 1. The van der Waals surface area contributed by atoms with Gasteiger partial charge in [0.1, 0.15) is 6.04 Å². The molecule has 4 heteroatoms. The molecule has 0 aromatic heterocycles. The second kappa shape index (κ2) is 8.23. The number of rotatable bonds is 7. The van der Waals surface area contributed by atoms with Gasteiger partial charge in [0.2, 0.25) is 0 Å². The van der Waals surface area contributed by atoms with Crippen LogP contribution in [0.2, 0.25) is 0 Å². The number of hydrogen-bond acceptors (Lipinski definition) is 4. The molecule has 1 rings (SSSR count). The lowest BCUT2D eigenvalue weighted by molar-refractivity contribution is -0.142. The lowest BCUT2D eigenvalue weighted by atomic mass is 10.2. The van der Waals surface area contributed by atoms with Crippen molar-refractivity contribution in [2.45, 2.75) is 38.1 Å². The second-order valence-corrected chi connectivity index (χ2v) is 5.67. The van der Waals surface area contributed by atoms with Gasteiger partial charge in [0.15, 0.2) is 0 Å². The Balaban J connectivity index is 2.62. The molecule has 0 aliphatic carbocycles. The zero-order valence-corrected chi connectivity index (χ0v) is 13.0. The summed E-state index contributed by atoms with van der Waals surface area (Å²) in [5.74, 6) is 0.502. The van der Waals surface area contributed by atoms with Crippen molar-refractivity contribution in [3.63, 3.8) is 0 Å². The zero-order valence-electron chi connectivity index (χ0n) is 12.2. The predicted octanol–water partition coefficient (Wildman–Crippen LogP) is 2.94. The fraction of sp³-hybridized carbons (Fsp3) is 0.533. The van der Waals surface area contributed by atoms with Gasteiger partial charge in [0, 0.05) is 10.6 Å². The molecule has 1 N–H and O–H groups in total. The third kappa shape index (κ3) is 5.25. The van der Waals surface area contributed by atoms with E-state index in [1.807, 2.05) is 0 Å². The number of hydrogen-bond donors (Lipinski definition) is 1. The number of carbonyl (C=O) groups excluding carboxylic acids is 1. The maximum atomic E-state index is 11.7. The molecule has 3 nitrogen and oxygen atoms in total. The molecule has 1 unspecified atom stereocenters. The molecule has 0 bridgehead atoms. The summed E-state index contributed by atoms with van der Waals surface area (Å²) in [6, 6.07) is 6.14. The van der Waals surface area contributed by atoms with Gasteiger partial charge in [0.05, 0.1) is 7.11 Å². The minimum Gasteiger partial charge on any atom is -0.468 e. The maximum absolute atomic E-state index is 11.7. The van der Waals surface area contributed by atoms with E-state index in [4.69, 9.17) is 4.74 Å². The summed E-state index contributed by atoms with van der Waals surface area (Å²) in [5, 5.41) is 3.23. The number of methoxy groups -OCH3 is 1. The first kappa shape index (κ1) is 16.1. The minimum atomic E-state index is -0.240. The third-order valence-corrected chi connectivity index (χ3v) is 4.13. The van der Waals surface area contributed by atoms with Gasteiger partial charge in [-0.1, -0.05) is 24.6 Å². The average molecular weight is 281 g/mol. The van der Waals surface area contributed by atoms with E-state index in [9.17, 15) is 4.79 Å². The fourth-order valence-corrected chi connectivity index (χ4v) is 2.86. The van der Waals surface area contributed by atoms with E-state index in [0.717, 1.165) is 13.0 Å². The van der Waals surface area contributed by atoms with Crippen LogP contribution in [-0.4, -0.2) is 31.4 Å². The summed E-state index contributed by atoms with van der Waals surface area (Å²) in [4.78, 5) is 12.9. The molecular weight excluding hydrogens is 258 g/mol. The van der Waals surface area contributed by atoms with Crippen molar-refractivity contribution in [2.75, 3.05) is 19.4 Å². The van der Waals surface area contributed by atoms with Crippen LogP contribution in [0.1, 0.15) is 24.5 Å². The molecule has 0 amide bonds. The molecular formula is C15H23NO2S. The standard InChI is InChI=1S/C15H23NO2S/c1-5-8-16-13(15(17)18-4)10-19-14-7-6-11(2)9-12(14)3/h6-7,9,13,16H,5,8,10H2,1-4H3. The van der Waals surface area contributed by atoms with E-state index >= 15 is 0 Å². The topological polar surface area (TPSA) is 38.3 Å². The first-order chi connectivity index (χ1) is 9.08. The highest BCUT2D eigenvalue weighted by atomic mass is 32.2. The molecule has 0 radical (unpaired) electrons. The fourth-order valence-electron chi connectivity index (χ4n) is 1.81. The van der Waals surface area contributed by atoms with Gasteiger partial charge in [-0.2, -0.15) is 0 Å². The highest BCUT2D eigenvalue weighted by Gasteiger charge is 2.18. The Labute approximate surface area is 120 Å². The molecule has 0 saturated carbocycles. The van der Waals surface area contributed by atoms with Gasteiger partial charge < -0.3 is 10.1 Å². The second-order valence-electron chi connectivity index (χ2n) is 4.61. The third-order valence-electron chi connectivity index (χ3n) is 2.86.